The first-order valence-corrected chi connectivity index (χ1v) is 10.6. The summed E-state index contributed by atoms with van der Waals surface area (Å²) in [5.74, 6) is 1.21. The summed E-state index contributed by atoms with van der Waals surface area (Å²) in [6.07, 6.45) is 5.45. The quantitative estimate of drug-likeness (QED) is 0.415. The fraction of sp³-hybridized carbons (Fsp3) is 0.211. The number of fused-ring (bicyclic) bond motifs is 2. The zero-order valence-corrected chi connectivity index (χ0v) is 17.3. The molecule has 0 aliphatic rings. The minimum atomic E-state index is -0.355. The molecule has 4 rings (SSSR count). The lowest BCUT2D eigenvalue weighted by Gasteiger charge is -2.08. The van der Waals surface area contributed by atoms with E-state index in [9.17, 15) is 4.79 Å². The normalized spacial score (nSPS) is 11.4. The van der Waals surface area contributed by atoms with Gasteiger partial charge in [-0.05, 0) is 24.5 Å². The number of aromatic nitrogens is 4. The summed E-state index contributed by atoms with van der Waals surface area (Å²) in [5, 5.41) is 0.948. The Balaban J connectivity index is 1.50. The molecule has 0 saturated heterocycles. The highest BCUT2D eigenvalue weighted by atomic mass is 35.5. The van der Waals surface area contributed by atoms with Crippen LogP contribution < -0.4 is 0 Å². The van der Waals surface area contributed by atoms with Crippen LogP contribution in [0.25, 0.3) is 16.7 Å². The monoisotopic (exact) mass is 434 g/mol. The molecule has 0 atom stereocenters. The average molecular weight is 435 g/mol. The summed E-state index contributed by atoms with van der Waals surface area (Å²) >= 11 is 13.8. The van der Waals surface area contributed by atoms with E-state index in [4.69, 9.17) is 27.9 Å². The van der Waals surface area contributed by atoms with Gasteiger partial charge in [-0.25, -0.2) is 9.97 Å². The highest BCUT2D eigenvalue weighted by molar-refractivity contribution is 7.97. The maximum Gasteiger partial charge on any atom is 0.326 e. The van der Waals surface area contributed by atoms with Crippen molar-refractivity contribution >= 4 is 57.6 Å². The van der Waals surface area contributed by atoms with E-state index in [0.29, 0.717) is 27.1 Å². The number of imidazole rings is 2. The van der Waals surface area contributed by atoms with Gasteiger partial charge in [0, 0.05) is 12.4 Å². The second kappa shape index (κ2) is 8.03. The Morgan fingerprint density at radius 3 is 2.86 bits per heavy atom. The minimum absolute atomic E-state index is 0.0545. The van der Waals surface area contributed by atoms with E-state index < -0.39 is 0 Å². The third kappa shape index (κ3) is 3.83. The predicted molar refractivity (Wildman–Crippen MR) is 112 cm³/mol. The smallest absolute Gasteiger partial charge is 0.326 e. The first-order chi connectivity index (χ1) is 13.5. The lowest BCUT2D eigenvalue weighted by atomic mass is 10.3. The number of rotatable bonds is 6. The average Bonchev–Trinajstić information content (AvgIpc) is 3.22. The van der Waals surface area contributed by atoms with Crippen LogP contribution in [0, 0.1) is 0 Å². The van der Waals surface area contributed by atoms with Crippen molar-refractivity contribution in [2.45, 2.75) is 18.9 Å². The van der Waals surface area contributed by atoms with Crippen LogP contribution in [0.3, 0.4) is 0 Å². The highest BCUT2D eigenvalue weighted by Crippen LogP contribution is 2.22. The van der Waals surface area contributed by atoms with Crippen molar-refractivity contribution in [3.8, 4) is 0 Å². The number of hydrogen-bond donors (Lipinski definition) is 0. The Bertz CT molecular complexity index is 1170. The molecule has 3 aromatic heterocycles. The Morgan fingerprint density at radius 1 is 1.21 bits per heavy atom. The topological polar surface area (TPSA) is 61.4 Å². The molecule has 0 fully saturated rings. The van der Waals surface area contributed by atoms with E-state index in [1.165, 1.54) is 0 Å². The van der Waals surface area contributed by atoms with E-state index >= 15 is 0 Å². The third-order valence-electron chi connectivity index (χ3n) is 4.20. The van der Waals surface area contributed by atoms with Gasteiger partial charge in [-0.3, -0.25) is 4.79 Å². The second-order valence-electron chi connectivity index (χ2n) is 6.17. The zero-order chi connectivity index (χ0) is 19.7. The number of thioether (sulfide) groups is 1. The molecule has 9 heteroatoms. The van der Waals surface area contributed by atoms with Crippen LogP contribution in [0.5, 0.6) is 0 Å². The number of esters is 1. The number of nitrogens with zero attached hydrogens (tertiary/aromatic N) is 4. The van der Waals surface area contributed by atoms with Crippen LogP contribution >= 0.6 is 35.0 Å². The fourth-order valence-corrected chi connectivity index (χ4v) is 4.02. The molecular weight excluding hydrogens is 419 g/mol. The lowest BCUT2D eigenvalue weighted by Crippen LogP contribution is -2.15. The van der Waals surface area contributed by atoms with Crippen LogP contribution in [0.4, 0.5) is 0 Å². The standard InChI is InChI=1S/C19H16Cl2N4O2S/c1-28-11-17-23-15-4-2-3-5-16(15)25(17)9-18(26)27-10-13-8-24-7-12(20)6-14(21)19(24)22-13/h2-8H,9-11H2,1H3. The second-order valence-corrected chi connectivity index (χ2v) is 7.88. The van der Waals surface area contributed by atoms with Gasteiger partial charge < -0.3 is 13.7 Å². The van der Waals surface area contributed by atoms with Gasteiger partial charge in [0.2, 0.25) is 0 Å². The van der Waals surface area contributed by atoms with Crippen molar-refractivity contribution in [1.29, 1.82) is 0 Å². The Hall–Kier alpha value is -2.22. The number of para-hydroxylation sites is 2. The molecule has 0 aliphatic carbocycles. The van der Waals surface area contributed by atoms with Gasteiger partial charge in [-0.2, -0.15) is 11.8 Å². The predicted octanol–water partition coefficient (Wildman–Crippen LogP) is 4.60. The Kier molecular flexibility index (Phi) is 5.48. The molecular formula is C19H16Cl2N4O2S. The van der Waals surface area contributed by atoms with E-state index in [2.05, 4.69) is 9.97 Å². The van der Waals surface area contributed by atoms with E-state index in [-0.39, 0.29) is 19.1 Å². The number of ether oxygens (including phenoxy) is 1. The van der Waals surface area contributed by atoms with Crippen LogP contribution in [0.15, 0.2) is 42.7 Å². The molecule has 3 heterocycles. The molecule has 144 valence electrons. The molecule has 0 spiro atoms. The maximum atomic E-state index is 12.5. The summed E-state index contributed by atoms with van der Waals surface area (Å²) in [7, 11) is 0. The van der Waals surface area contributed by atoms with Crippen LogP contribution in [-0.4, -0.2) is 31.2 Å². The summed E-state index contributed by atoms with van der Waals surface area (Å²) in [6.45, 7) is 0.148. The van der Waals surface area contributed by atoms with Gasteiger partial charge >= 0.3 is 5.97 Å². The fourth-order valence-electron chi connectivity index (χ4n) is 3.02. The van der Waals surface area contributed by atoms with Crippen molar-refractivity contribution in [1.82, 2.24) is 18.9 Å². The van der Waals surface area contributed by atoms with Gasteiger partial charge in [0.15, 0.2) is 5.65 Å². The summed E-state index contributed by atoms with van der Waals surface area (Å²) < 4.78 is 9.05. The third-order valence-corrected chi connectivity index (χ3v) is 5.23. The first-order valence-electron chi connectivity index (χ1n) is 8.46. The van der Waals surface area contributed by atoms with Gasteiger partial charge in [0.25, 0.3) is 0 Å². The number of carbonyl (C=O) groups is 1. The van der Waals surface area contributed by atoms with Gasteiger partial charge in [-0.1, -0.05) is 35.3 Å². The minimum Gasteiger partial charge on any atom is -0.458 e. The van der Waals surface area contributed by atoms with Gasteiger partial charge in [0.05, 0.1) is 32.5 Å². The van der Waals surface area contributed by atoms with Crippen molar-refractivity contribution in [2.24, 2.45) is 0 Å². The van der Waals surface area contributed by atoms with Crippen molar-refractivity contribution in [2.75, 3.05) is 6.26 Å². The van der Waals surface area contributed by atoms with E-state index in [1.54, 1.807) is 34.6 Å². The molecule has 0 unspecified atom stereocenters. The number of pyridine rings is 1. The van der Waals surface area contributed by atoms with Crippen LogP contribution in [0.1, 0.15) is 11.5 Å². The van der Waals surface area contributed by atoms with E-state index in [0.717, 1.165) is 16.9 Å². The number of hydrogen-bond acceptors (Lipinski definition) is 5. The molecule has 0 bridgehead atoms. The Morgan fingerprint density at radius 2 is 2.04 bits per heavy atom. The van der Waals surface area contributed by atoms with Crippen molar-refractivity contribution < 1.29 is 9.53 Å². The highest BCUT2D eigenvalue weighted by Gasteiger charge is 2.15. The largest absolute Gasteiger partial charge is 0.458 e. The van der Waals surface area contributed by atoms with Crippen molar-refractivity contribution in [3.05, 3.63) is 64.3 Å². The lowest BCUT2D eigenvalue weighted by molar-refractivity contribution is -0.145. The molecule has 6 nitrogen and oxygen atoms in total. The van der Waals surface area contributed by atoms with Gasteiger partial charge in [-0.15, -0.1) is 0 Å². The number of halogens is 2. The van der Waals surface area contributed by atoms with Crippen LogP contribution in [-0.2, 0) is 28.4 Å². The van der Waals surface area contributed by atoms with Crippen molar-refractivity contribution in [3.63, 3.8) is 0 Å². The summed E-state index contributed by atoms with van der Waals surface area (Å²) in [5.41, 5.74) is 2.95. The number of benzene rings is 1. The molecule has 0 amide bonds. The molecule has 1 aromatic carbocycles. The molecule has 4 aromatic rings. The summed E-state index contributed by atoms with van der Waals surface area (Å²) in [4.78, 5) is 21.5. The zero-order valence-electron chi connectivity index (χ0n) is 14.9. The van der Waals surface area contributed by atoms with Crippen LogP contribution in [0.2, 0.25) is 10.0 Å². The Labute approximate surface area is 175 Å². The SMILES string of the molecule is CSCc1nc2ccccc2n1CC(=O)OCc1cn2cc(Cl)cc(Cl)c2n1. The van der Waals surface area contributed by atoms with E-state index in [1.807, 2.05) is 35.1 Å². The maximum absolute atomic E-state index is 12.5. The molecule has 0 saturated carbocycles. The molecule has 0 aliphatic heterocycles. The first kappa shape index (κ1) is 19.1. The summed E-state index contributed by atoms with van der Waals surface area (Å²) in [6, 6.07) is 9.38. The molecule has 28 heavy (non-hydrogen) atoms. The number of carbonyl (C=O) groups excluding carboxylic acids is 1. The molecule has 0 N–H and O–H groups in total. The molecule has 0 radical (unpaired) electrons. The van der Waals surface area contributed by atoms with Gasteiger partial charge in [0.1, 0.15) is 19.0 Å².